The van der Waals surface area contributed by atoms with Crippen LogP contribution in [0.4, 0.5) is 0 Å². The van der Waals surface area contributed by atoms with Crippen LogP contribution in [0.3, 0.4) is 0 Å². The third-order valence-corrected chi connectivity index (χ3v) is 11.1. The van der Waals surface area contributed by atoms with Crippen LogP contribution in [0.2, 0.25) is 0 Å². The summed E-state index contributed by atoms with van der Waals surface area (Å²) in [5, 5.41) is 36.2. The van der Waals surface area contributed by atoms with Crippen molar-refractivity contribution < 1.29 is 20.1 Å². The van der Waals surface area contributed by atoms with E-state index in [1.165, 1.54) is 0 Å². The molecule has 190 valence electrons. The summed E-state index contributed by atoms with van der Waals surface area (Å²) in [5.41, 5.74) is -0.108. The highest BCUT2D eigenvalue weighted by molar-refractivity contribution is 6.13. The number of amides is 1. The summed E-state index contributed by atoms with van der Waals surface area (Å²) in [6.45, 7) is 7.94. The van der Waals surface area contributed by atoms with Crippen LogP contribution in [0.15, 0.2) is 0 Å². The topological polar surface area (TPSA) is 102 Å². The molecule has 0 aromatic carbocycles. The van der Waals surface area contributed by atoms with Gasteiger partial charge in [0, 0.05) is 19.5 Å². The van der Waals surface area contributed by atoms with Crippen LogP contribution in [0.1, 0.15) is 78.6 Å². The number of hydrogen-bond acceptors (Lipinski definition) is 5. The second-order valence-electron chi connectivity index (χ2n) is 12.3. The summed E-state index contributed by atoms with van der Waals surface area (Å²) in [5.74, 6) is 1.98. The molecule has 4 aliphatic carbocycles. The molecular weight excluding hydrogens is 440 g/mol. The minimum absolute atomic E-state index is 0.0545. The molecule has 7 heteroatoms. The maximum atomic E-state index is 12.2. The molecule has 1 amide bonds. The second kappa shape index (κ2) is 9.93. The molecule has 1 unspecified atom stereocenters. The molecule has 11 atom stereocenters. The fourth-order valence-corrected chi connectivity index (χ4v) is 9.12. The van der Waals surface area contributed by atoms with Crippen LogP contribution < -0.4 is 10.2 Å². The molecule has 0 saturated heterocycles. The van der Waals surface area contributed by atoms with Crippen LogP contribution in [0.25, 0.3) is 0 Å². The number of hydrogen-bond donors (Lipinski definition) is 5. The van der Waals surface area contributed by atoms with E-state index in [4.69, 9.17) is 11.8 Å². The van der Waals surface area contributed by atoms with Gasteiger partial charge in [-0.2, -0.15) is 0 Å². The van der Waals surface area contributed by atoms with Crippen molar-refractivity contribution in [3.05, 3.63) is 0 Å². The summed E-state index contributed by atoms with van der Waals surface area (Å²) in [6.07, 6.45) is 6.63. The second-order valence-corrected chi connectivity index (χ2v) is 12.5. The van der Waals surface area contributed by atoms with Crippen molar-refractivity contribution in [1.82, 2.24) is 10.2 Å². The lowest BCUT2D eigenvalue weighted by molar-refractivity contribution is -0.207. The van der Waals surface area contributed by atoms with Gasteiger partial charge in [0.15, 0.2) is 0 Å². The van der Waals surface area contributed by atoms with Crippen LogP contribution >= 0.6 is 11.8 Å². The fourth-order valence-electron chi connectivity index (χ4n) is 9.03. The van der Waals surface area contributed by atoms with E-state index in [2.05, 4.69) is 30.9 Å². The van der Waals surface area contributed by atoms with Crippen molar-refractivity contribution in [3.63, 3.8) is 0 Å². The first-order valence-corrected chi connectivity index (χ1v) is 13.6. The lowest BCUT2D eigenvalue weighted by atomic mass is 9.43. The van der Waals surface area contributed by atoms with Gasteiger partial charge >= 0.3 is 0 Å². The first-order valence-electron chi connectivity index (χ1n) is 13.3. The van der Waals surface area contributed by atoms with E-state index in [1.807, 2.05) is 0 Å². The van der Waals surface area contributed by atoms with E-state index in [1.54, 1.807) is 0 Å². The molecule has 33 heavy (non-hydrogen) atoms. The molecule has 4 aliphatic rings. The summed E-state index contributed by atoms with van der Waals surface area (Å²) < 4.78 is 0. The molecule has 5 N–H and O–H groups in total. The Labute approximate surface area is 204 Å². The Morgan fingerprint density at radius 1 is 1.06 bits per heavy atom. The Morgan fingerprint density at radius 3 is 2.55 bits per heavy atom. The number of aliphatic hydroxyl groups is 3. The summed E-state index contributed by atoms with van der Waals surface area (Å²) in [4.78, 5) is 14.7. The number of rotatable bonds is 7. The molecule has 0 aliphatic heterocycles. The van der Waals surface area contributed by atoms with Crippen molar-refractivity contribution in [2.45, 2.75) is 96.9 Å². The highest BCUT2D eigenvalue weighted by Gasteiger charge is 2.65. The number of carbonyl (C=O) groups is 1. The zero-order chi connectivity index (χ0) is 24.0. The highest BCUT2D eigenvalue weighted by Crippen LogP contribution is 2.68. The van der Waals surface area contributed by atoms with Crippen molar-refractivity contribution >= 4 is 17.7 Å². The van der Waals surface area contributed by atoms with Gasteiger partial charge in [0.25, 0.3) is 0 Å². The van der Waals surface area contributed by atoms with Crippen LogP contribution in [-0.2, 0) is 4.79 Å². The molecular formula is C26H45ClN2O4. The van der Waals surface area contributed by atoms with Gasteiger partial charge in [-0.05, 0) is 109 Å². The van der Waals surface area contributed by atoms with E-state index in [0.717, 1.165) is 51.4 Å². The Bertz CT molecular complexity index is 710. The Morgan fingerprint density at radius 2 is 1.82 bits per heavy atom. The summed E-state index contributed by atoms with van der Waals surface area (Å²) in [7, 11) is 0. The quantitative estimate of drug-likeness (QED) is 0.282. The Balaban J connectivity index is 1.47. The molecule has 0 bridgehead atoms. The predicted molar refractivity (Wildman–Crippen MR) is 129 cm³/mol. The van der Waals surface area contributed by atoms with E-state index >= 15 is 0 Å². The number of aliphatic hydroxyl groups excluding tert-OH is 3. The highest BCUT2D eigenvalue weighted by atomic mass is 35.5. The third kappa shape index (κ3) is 4.48. The van der Waals surface area contributed by atoms with Gasteiger partial charge in [0.1, 0.15) is 0 Å². The Kier molecular flexibility index (Phi) is 7.73. The maximum absolute atomic E-state index is 12.2. The maximum Gasteiger partial charge on any atom is 0.220 e. The third-order valence-electron chi connectivity index (χ3n) is 10.9. The Hall–Kier alpha value is -0.400. The van der Waals surface area contributed by atoms with E-state index in [-0.39, 0.29) is 41.0 Å². The number of nitrogens with one attached hydrogen (secondary N) is 2. The minimum Gasteiger partial charge on any atom is -0.393 e. The van der Waals surface area contributed by atoms with Gasteiger partial charge < -0.3 is 20.6 Å². The van der Waals surface area contributed by atoms with E-state index in [0.29, 0.717) is 49.1 Å². The monoisotopic (exact) mass is 484 g/mol. The molecule has 6 nitrogen and oxygen atoms in total. The molecule has 4 rings (SSSR count). The summed E-state index contributed by atoms with van der Waals surface area (Å²) in [6, 6.07) is 0. The van der Waals surface area contributed by atoms with Gasteiger partial charge in [0.2, 0.25) is 5.91 Å². The molecule has 0 aromatic rings. The first kappa shape index (κ1) is 25.7. The summed E-state index contributed by atoms with van der Waals surface area (Å²) >= 11 is 5.45. The number of halogens is 1. The zero-order valence-electron chi connectivity index (χ0n) is 20.6. The predicted octanol–water partition coefficient (Wildman–Crippen LogP) is 3.22. The lowest BCUT2D eigenvalue weighted by Crippen LogP contribution is -2.62. The average molecular weight is 485 g/mol. The van der Waals surface area contributed by atoms with Gasteiger partial charge in [-0.1, -0.05) is 20.8 Å². The van der Waals surface area contributed by atoms with Crippen LogP contribution in [0, 0.1) is 46.3 Å². The van der Waals surface area contributed by atoms with Gasteiger partial charge in [-0.3, -0.25) is 4.79 Å². The SMILES string of the molecule is C[C@H](CCC(=O)NCCNCl)[C@H]1CC[C@H]2[C@@H]3[C@H](O)CC4C[C@H](O)CC[C@]4(C)[C@H]3C[C@H](O)[C@]12C. The van der Waals surface area contributed by atoms with Crippen molar-refractivity contribution in [2.75, 3.05) is 13.1 Å². The van der Waals surface area contributed by atoms with Crippen molar-refractivity contribution in [3.8, 4) is 0 Å². The molecule has 0 radical (unpaired) electrons. The minimum atomic E-state index is -0.378. The normalized spacial score (nSPS) is 47.8. The molecule has 0 spiro atoms. The molecule has 4 saturated carbocycles. The van der Waals surface area contributed by atoms with E-state index in [9.17, 15) is 20.1 Å². The molecule has 0 aromatic heterocycles. The van der Waals surface area contributed by atoms with Gasteiger partial charge in [-0.15, -0.1) is 0 Å². The van der Waals surface area contributed by atoms with Crippen molar-refractivity contribution in [2.24, 2.45) is 46.3 Å². The largest absolute Gasteiger partial charge is 0.393 e. The van der Waals surface area contributed by atoms with Gasteiger partial charge in [0.05, 0.1) is 18.3 Å². The molecule has 0 heterocycles. The standard InChI is InChI=1S/C26H45ClN2O4/c1-15(4-7-23(33)28-10-11-29-27)18-5-6-19-24-20(14-22(32)26(18,19)3)25(2)9-8-17(30)12-16(25)13-21(24)31/h15-22,24,29-32H,4-14H2,1-3H3,(H,28,33)/t15-,16?,17-,18-,19+,20+,21-,22+,24+,25+,26-/m1/s1. The smallest absolute Gasteiger partial charge is 0.220 e. The van der Waals surface area contributed by atoms with E-state index < -0.39 is 0 Å². The zero-order valence-corrected chi connectivity index (χ0v) is 21.4. The van der Waals surface area contributed by atoms with Crippen LogP contribution in [-0.4, -0.2) is 52.6 Å². The molecule has 4 fully saturated rings. The lowest BCUT2D eigenvalue weighted by Gasteiger charge is -2.63. The van der Waals surface area contributed by atoms with Crippen molar-refractivity contribution in [1.29, 1.82) is 0 Å². The average Bonchev–Trinajstić information content (AvgIpc) is 3.13. The van der Waals surface area contributed by atoms with Crippen LogP contribution in [0.5, 0.6) is 0 Å². The fraction of sp³-hybridized carbons (Fsp3) is 0.962. The number of fused-ring (bicyclic) bond motifs is 5. The number of carbonyl (C=O) groups excluding carboxylic acids is 1. The van der Waals surface area contributed by atoms with Gasteiger partial charge in [-0.25, -0.2) is 4.84 Å². The first-order chi connectivity index (χ1) is 15.6.